The maximum atomic E-state index is 4.94. The molecule has 0 atom stereocenters. The zero-order chi connectivity index (χ0) is 33.7. The molecule has 10 rings (SSSR count). The van der Waals surface area contributed by atoms with Crippen LogP contribution in [0, 0.1) is 0 Å². The Labute approximate surface area is 294 Å². The van der Waals surface area contributed by atoms with Crippen molar-refractivity contribution in [1.29, 1.82) is 0 Å². The smallest absolute Gasteiger partial charge is 0.114 e. The van der Waals surface area contributed by atoms with Crippen LogP contribution in [0.25, 0.3) is 93.5 Å². The molecule has 0 saturated heterocycles. The highest BCUT2D eigenvalue weighted by Gasteiger charge is 2.18. The predicted octanol–water partition coefficient (Wildman–Crippen LogP) is 11.9. The Hall–Kier alpha value is -6.91. The molecule has 0 aliphatic carbocycles. The Morgan fingerprint density at radius 2 is 0.902 bits per heavy atom. The van der Waals surface area contributed by atoms with E-state index in [2.05, 4.69) is 169 Å². The van der Waals surface area contributed by atoms with Crippen molar-refractivity contribution in [3.63, 3.8) is 0 Å². The molecule has 0 aliphatic heterocycles. The van der Waals surface area contributed by atoms with E-state index in [0.717, 1.165) is 44.4 Å². The van der Waals surface area contributed by atoms with Gasteiger partial charge in [0.05, 0.1) is 5.69 Å². The lowest BCUT2D eigenvalue weighted by Gasteiger charge is -2.18. The average molecular weight is 651 g/mol. The molecule has 2 aromatic heterocycles. The topological polar surface area (TPSA) is 43.6 Å². The highest BCUT2D eigenvalue weighted by molar-refractivity contribution is 6.22. The predicted molar refractivity (Wildman–Crippen MR) is 211 cm³/mol. The standard InChI is InChI=1S/C47H30N4/c1-3-11-32(12-4-1)46-39-17-9-10-18-40(39)47(33-13-5-2-6-14-33)42-27-34(21-25-41(42)46)35-22-26-44-45(28-35)50-51(49-44)37-23-19-31(20-24-37)43-30-48-29-36-15-7-8-16-38(36)43/h1-30H. The number of hydrogen-bond donors (Lipinski definition) is 0. The number of fused-ring (bicyclic) bond motifs is 4. The third-order valence-electron chi connectivity index (χ3n) is 9.94. The van der Waals surface area contributed by atoms with E-state index >= 15 is 0 Å². The van der Waals surface area contributed by atoms with E-state index in [1.165, 1.54) is 49.2 Å². The summed E-state index contributed by atoms with van der Waals surface area (Å²) in [7, 11) is 0. The summed E-state index contributed by atoms with van der Waals surface area (Å²) in [6.07, 6.45) is 3.84. The first-order valence-corrected chi connectivity index (χ1v) is 17.2. The van der Waals surface area contributed by atoms with E-state index in [9.17, 15) is 0 Å². The molecule has 0 N–H and O–H groups in total. The molecule has 4 nitrogen and oxygen atoms in total. The normalized spacial score (nSPS) is 11.5. The van der Waals surface area contributed by atoms with Gasteiger partial charge in [0, 0.05) is 23.3 Å². The second kappa shape index (κ2) is 11.9. The van der Waals surface area contributed by atoms with Crippen molar-refractivity contribution in [2.24, 2.45) is 0 Å². The van der Waals surface area contributed by atoms with Crippen molar-refractivity contribution >= 4 is 43.4 Å². The van der Waals surface area contributed by atoms with Crippen molar-refractivity contribution in [1.82, 2.24) is 20.0 Å². The fourth-order valence-electron chi connectivity index (χ4n) is 7.52. The summed E-state index contributed by atoms with van der Waals surface area (Å²) in [5.74, 6) is 0. The van der Waals surface area contributed by atoms with Gasteiger partial charge in [-0.25, -0.2) is 0 Å². The fraction of sp³-hybridized carbons (Fsp3) is 0. The van der Waals surface area contributed by atoms with Crippen LogP contribution in [0.1, 0.15) is 0 Å². The number of rotatable bonds is 5. The minimum absolute atomic E-state index is 0.849. The van der Waals surface area contributed by atoms with E-state index in [0.29, 0.717) is 0 Å². The lowest BCUT2D eigenvalue weighted by molar-refractivity contribution is 0.766. The summed E-state index contributed by atoms with van der Waals surface area (Å²) in [5.41, 5.74) is 12.0. The molecule has 4 heteroatoms. The van der Waals surface area contributed by atoms with Crippen LogP contribution in [0.5, 0.6) is 0 Å². The van der Waals surface area contributed by atoms with Gasteiger partial charge in [0.25, 0.3) is 0 Å². The third-order valence-corrected chi connectivity index (χ3v) is 9.94. The molecule has 51 heavy (non-hydrogen) atoms. The van der Waals surface area contributed by atoms with Gasteiger partial charge in [0.1, 0.15) is 11.0 Å². The van der Waals surface area contributed by atoms with Crippen LogP contribution >= 0.6 is 0 Å². The van der Waals surface area contributed by atoms with E-state index in [4.69, 9.17) is 10.2 Å². The van der Waals surface area contributed by atoms with Gasteiger partial charge in [-0.1, -0.05) is 140 Å². The minimum atomic E-state index is 0.849. The lowest BCUT2D eigenvalue weighted by Crippen LogP contribution is -1.98. The number of pyridine rings is 1. The van der Waals surface area contributed by atoms with Crippen molar-refractivity contribution in [3.8, 4) is 50.2 Å². The molecule has 0 spiro atoms. The Balaban J connectivity index is 1.08. The molecule has 0 aliphatic rings. The Bertz CT molecular complexity index is 2890. The second-order valence-electron chi connectivity index (χ2n) is 12.9. The molecule has 238 valence electrons. The Morgan fingerprint density at radius 3 is 1.63 bits per heavy atom. The maximum Gasteiger partial charge on any atom is 0.114 e. The SMILES string of the molecule is c1ccc(-c2c3ccccc3c(-c3ccccc3)c3cc(-c4ccc5nn(-c6ccc(-c7cncc8ccccc78)cc6)nc5c4)ccc23)cc1. The van der Waals surface area contributed by atoms with Gasteiger partial charge in [-0.15, -0.1) is 10.2 Å². The maximum absolute atomic E-state index is 4.94. The summed E-state index contributed by atoms with van der Waals surface area (Å²) in [5, 5.41) is 17.0. The summed E-state index contributed by atoms with van der Waals surface area (Å²) in [6, 6.07) is 60.3. The summed E-state index contributed by atoms with van der Waals surface area (Å²) in [4.78, 5) is 6.20. The Morgan fingerprint density at radius 1 is 0.353 bits per heavy atom. The monoisotopic (exact) mass is 650 g/mol. The molecule has 2 heterocycles. The molecule has 0 bridgehead atoms. The van der Waals surface area contributed by atoms with E-state index in [1.807, 2.05) is 18.5 Å². The van der Waals surface area contributed by atoms with Gasteiger partial charge in [0.15, 0.2) is 0 Å². The molecule has 0 amide bonds. The Kier molecular flexibility index (Phi) is 6.78. The summed E-state index contributed by atoms with van der Waals surface area (Å²) < 4.78 is 0. The quantitative estimate of drug-likeness (QED) is 0.174. The first kappa shape index (κ1) is 29.0. The van der Waals surface area contributed by atoms with Crippen molar-refractivity contribution in [2.45, 2.75) is 0 Å². The van der Waals surface area contributed by atoms with E-state index < -0.39 is 0 Å². The first-order chi connectivity index (χ1) is 25.3. The van der Waals surface area contributed by atoms with E-state index in [-0.39, 0.29) is 0 Å². The van der Waals surface area contributed by atoms with E-state index in [1.54, 1.807) is 4.80 Å². The van der Waals surface area contributed by atoms with Crippen molar-refractivity contribution in [3.05, 3.63) is 182 Å². The molecule has 0 saturated carbocycles. The van der Waals surface area contributed by atoms with Crippen molar-refractivity contribution in [2.75, 3.05) is 0 Å². The van der Waals surface area contributed by atoms with Crippen LogP contribution in [0.15, 0.2) is 182 Å². The van der Waals surface area contributed by atoms with Gasteiger partial charge in [-0.2, -0.15) is 4.80 Å². The number of benzene rings is 8. The first-order valence-electron chi connectivity index (χ1n) is 17.2. The van der Waals surface area contributed by atoms with Gasteiger partial charge in [-0.3, -0.25) is 4.98 Å². The molecule has 0 unspecified atom stereocenters. The van der Waals surface area contributed by atoms with Crippen LogP contribution in [-0.4, -0.2) is 20.0 Å². The second-order valence-corrected chi connectivity index (χ2v) is 12.9. The van der Waals surface area contributed by atoms with Crippen LogP contribution < -0.4 is 0 Å². The fourth-order valence-corrected chi connectivity index (χ4v) is 7.52. The zero-order valence-electron chi connectivity index (χ0n) is 27.6. The summed E-state index contributed by atoms with van der Waals surface area (Å²) in [6.45, 7) is 0. The molecule has 0 radical (unpaired) electrons. The van der Waals surface area contributed by atoms with Crippen LogP contribution in [0.2, 0.25) is 0 Å². The number of aromatic nitrogens is 4. The minimum Gasteiger partial charge on any atom is -0.263 e. The number of hydrogen-bond acceptors (Lipinski definition) is 3. The third kappa shape index (κ3) is 4.96. The molecular weight excluding hydrogens is 621 g/mol. The molecule has 0 fully saturated rings. The molecular formula is C47H30N4. The van der Waals surface area contributed by atoms with Gasteiger partial charge in [0.2, 0.25) is 0 Å². The van der Waals surface area contributed by atoms with Crippen molar-refractivity contribution < 1.29 is 0 Å². The highest BCUT2D eigenvalue weighted by atomic mass is 15.5. The van der Waals surface area contributed by atoms with Gasteiger partial charge >= 0.3 is 0 Å². The van der Waals surface area contributed by atoms with Crippen LogP contribution in [0.3, 0.4) is 0 Å². The molecule has 8 aromatic carbocycles. The largest absolute Gasteiger partial charge is 0.263 e. The van der Waals surface area contributed by atoms with Crippen LogP contribution in [-0.2, 0) is 0 Å². The van der Waals surface area contributed by atoms with Gasteiger partial charge in [-0.05, 0) is 96.2 Å². The highest BCUT2D eigenvalue weighted by Crippen LogP contribution is 2.44. The van der Waals surface area contributed by atoms with Crippen LogP contribution in [0.4, 0.5) is 0 Å². The molecule has 10 aromatic rings. The summed E-state index contributed by atoms with van der Waals surface area (Å²) >= 11 is 0. The zero-order valence-corrected chi connectivity index (χ0v) is 27.6. The number of nitrogens with zero attached hydrogens (tertiary/aromatic N) is 4. The van der Waals surface area contributed by atoms with Gasteiger partial charge < -0.3 is 0 Å². The lowest BCUT2D eigenvalue weighted by atomic mass is 9.85. The average Bonchev–Trinajstić information content (AvgIpc) is 3.64.